The third kappa shape index (κ3) is 2.88. The monoisotopic (exact) mass is 331 g/mol. The van der Waals surface area contributed by atoms with Gasteiger partial charge in [0.05, 0.1) is 12.6 Å². The molecule has 3 aromatic rings. The summed E-state index contributed by atoms with van der Waals surface area (Å²) in [5.41, 5.74) is 6.12. The van der Waals surface area contributed by atoms with E-state index in [1.165, 1.54) is 27.7 Å². The molecule has 0 atom stereocenters. The van der Waals surface area contributed by atoms with Crippen molar-refractivity contribution in [2.45, 2.75) is 19.9 Å². The molecule has 4 nitrogen and oxygen atoms in total. The lowest BCUT2D eigenvalue weighted by atomic mass is 10.0. The van der Waals surface area contributed by atoms with Crippen molar-refractivity contribution in [1.82, 2.24) is 14.5 Å². The van der Waals surface area contributed by atoms with E-state index >= 15 is 0 Å². The zero-order chi connectivity index (χ0) is 17.4. The van der Waals surface area contributed by atoms with Crippen LogP contribution in [-0.4, -0.2) is 35.2 Å². The van der Waals surface area contributed by atoms with Crippen LogP contribution < -0.4 is 4.74 Å². The molecular weight excluding hydrogens is 310 g/mol. The molecule has 3 heterocycles. The molecule has 0 spiro atoms. The summed E-state index contributed by atoms with van der Waals surface area (Å²) < 4.78 is 7.27. The van der Waals surface area contributed by atoms with Gasteiger partial charge in [-0.1, -0.05) is 11.6 Å². The minimum absolute atomic E-state index is 0.604. The maximum Gasteiger partial charge on any atom is 0.212 e. The van der Waals surface area contributed by atoms with Gasteiger partial charge in [0, 0.05) is 54.5 Å². The van der Waals surface area contributed by atoms with Gasteiger partial charge in [-0.2, -0.15) is 0 Å². The summed E-state index contributed by atoms with van der Waals surface area (Å²) in [6.45, 7) is 4.19. The summed E-state index contributed by atoms with van der Waals surface area (Å²) in [4.78, 5) is 6.60. The van der Waals surface area contributed by atoms with Crippen LogP contribution in [0.2, 0.25) is 0 Å². The smallest absolute Gasteiger partial charge is 0.212 e. The average Bonchev–Trinajstić information content (AvgIpc) is 2.92. The molecule has 0 saturated heterocycles. The second-order valence-corrected chi connectivity index (χ2v) is 6.60. The number of rotatable bonds is 1. The molecule has 0 radical (unpaired) electrons. The predicted octanol–water partition coefficient (Wildman–Crippen LogP) is 3.20. The quantitative estimate of drug-likeness (QED) is 0.642. The van der Waals surface area contributed by atoms with Gasteiger partial charge >= 0.3 is 0 Å². The van der Waals surface area contributed by atoms with Crippen molar-refractivity contribution >= 4 is 10.9 Å². The zero-order valence-electron chi connectivity index (χ0n) is 14.8. The fourth-order valence-corrected chi connectivity index (χ4v) is 3.43. The first-order valence-electron chi connectivity index (χ1n) is 8.49. The number of benzene rings is 1. The molecule has 4 rings (SSSR count). The van der Waals surface area contributed by atoms with Gasteiger partial charge in [-0.25, -0.2) is 4.98 Å². The fraction of sp³-hybridized carbons (Fsp3) is 0.286. The van der Waals surface area contributed by atoms with Crippen LogP contribution in [0, 0.1) is 18.9 Å². The van der Waals surface area contributed by atoms with E-state index in [-0.39, 0.29) is 0 Å². The third-order valence-electron chi connectivity index (χ3n) is 4.75. The topological polar surface area (TPSA) is 30.3 Å². The van der Waals surface area contributed by atoms with Crippen LogP contribution >= 0.6 is 0 Å². The lowest BCUT2D eigenvalue weighted by molar-refractivity contribution is 0.311. The standard InChI is InChI=1S/C21H21N3O/c1-15-4-6-19-17(12-15)18-14-23(2)10-9-20(18)24(19)11-8-16-5-7-21(25-3)22-13-16/h4-7,12-13H,9-10,14H2,1-3H3. The van der Waals surface area contributed by atoms with Crippen LogP contribution in [-0.2, 0) is 13.0 Å². The Morgan fingerprint density at radius 3 is 2.84 bits per heavy atom. The number of methoxy groups -OCH3 is 1. The first-order valence-corrected chi connectivity index (χ1v) is 8.49. The van der Waals surface area contributed by atoms with Gasteiger partial charge in [0.25, 0.3) is 0 Å². The van der Waals surface area contributed by atoms with Crippen molar-refractivity contribution in [2.24, 2.45) is 0 Å². The largest absolute Gasteiger partial charge is 0.481 e. The molecule has 4 heteroatoms. The number of pyridine rings is 1. The highest BCUT2D eigenvalue weighted by Crippen LogP contribution is 2.30. The van der Waals surface area contributed by atoms with Crippen molar-refractivity contribution in [1.29, 1.82) is 0 Å². The summed E-state index contributed by atoms with van der Waals surface area (Å²) in [5.74, 6) is 3.85. The van der Waals surface area contributed by atoms with Crippen molar-refractivity contribution in [3.05, 3.63) is 58.9 Å². The van der Waals surface area contributed by atoms with Crippen LogP contribution in [0.15, 0.2) is 36.5 Å². The number of hydrogen-bond acceptors (Lipinski definition) is 3. The third-order valence-corrected chi connectivity index (χ3v) is 4.75. The highest BCUT2D eigenvalue weighted by Gasteiger charge is 2.21. The lowest BCUT2D eigenvalue weighted by Crippen LogP contribution is -2.27. The van der Waals surface area contributed by atoms with Gasteiger partial charge in [-0.15, -0.1) is 0 Å². The number of aryl methyl sites for hydroxylation is 1. The van der Waals surface area contributed by atoms with Crippen molar-refractivity contribution < 1.29 is 4.74 Å². The van der Waals surface area contributed by atoms with Crippen LogP contribution in [0.5, 0.6) is 5.88 Å². The average molecular weight is 331 g/mol. The Morgan fingerprint density at radius 2 is 2.08 bits per heavy atom. The summed E-state index contributed by atoms with van der Waals surface area (Å²) in [6.07, 6.45) is 2.77. The summed E-state index contributed by atoms with van der Waals surface area (Å²) in [7, 11) is 3.79. The number of hydrogen-bond donors (Lipinski definition) is 0. The van der Waals surface area contributed by atoms with E-state index in [1.54, 1.807) is 13.3 Å². The molecule has 0 fully saturated rings. The molecule has 0 amide bonds. The Kier molecular flexibility index (Phi) is 3.95. The summed E-state index contributed by atoms with van der Waals surface area (Å²) in [6, 6.07) is 13.7. The predicted molar refractivity (Wildman–Crippen MR) is 99.8 cm³/mol. The molecule has 25 heavy (non-hydrogen) atoms. The minimum atomic E-state index is 0.604. The molecule has 0 unspecified atom stereocenters. The first kappa shape index (κ1) is 15.7. The maximum atomic E-state index is 5.10. The summed E-state index contributed by atoms with van der Waals surface area (Å²) in [5, 5.41) is 1.32. The number of likely N-dealkylation sites (N-methyl/N-ethyl adjacent to an activating group) is 1. The molecule has 0 bridgehead atoms. The van der Waals surface area contributed by atoms with Gasteiger partial charge in [-0.05, 0) is 43.7 Å². The maximum absolute atomic E-state index is 5.10. The van der Waals surface area contributed by atoms with E-state index in [4.69, 9.17) is 4.74 Å². The SMILES string of the molecule is COc1ccc(C#Cn2c3c(c4cc(C)ccc42)CN(C)CC3)cn1. The van der Waals surface area contributed by atoms with Crippen LogP contribution in [0.1, 0.15) is 22.4 Å². The molecule has 0 saturated carbocycles. The van der Waals surface area contributed by atoms with E-state index < -0.39 is 0 Å². The first-order chi connectivity index (χ1) is 12.2. The normalized spacial score (nSPS) is 14.0. The van der Waals surface area contributed by atoms with Gasteiger partial charge in [0.2, 0.25) is 5.88 Å². The van der Waals surface area contributed by atoms with Crippen molar-refractivity contribution in [3.63, 3.8) is 0 Å². The number of aromatic nitrogens is 2. The van der Waals surface area contributed by atoms with E-state index in [9.17, 15) is 0 Å². The highest BCUT2D eigenvalue weighted by atomic mass is 16.5. The Hall–Kier alpha value is -2.77. The molecular formula is C21H21N3O. The van der Waals surface area contributed by atoms with E-state index in [2.05, 4.69) is 58.6 Å². The van der Waals surface area contributed by atoms with Crippen molar-refractivity contribution in [2.75, 3.05) is 20.7 Å². The van der Waals surface area contributed by atoms with Gasteiger partial charge < -0.3 is 9.64 Å². The van der Waals surface area contributed by atoms with Crippen LogP contribution in [0.4, 0.5) is 0 Å². The number of fused-ring (bicyclic) bond motifs is 3. The second-order valence-electron chi connectivity index (χ2n) is 6.60. The summed E-state index contributed by atoms with van der Waals surface area (Å²) >= 11 is 0. The Morgan fingerprint density at radius 1 is 1.20 bits per heavy atom. The van der Waals surface area contributed by atoms with Gasteiger partial charge in [0.1, 0.15) is 0 Å². The highest BCUT2D eigenvalue weighted by molar-refractivity contribution is 5.87. The van der Waals surface area contributed by atoms with Crippen LogP contribution in [0.25, 0.3) is 10.9 Å². The molecule has 0 N–H and O–H groups in total. The number of nitrogens with zero attached hydrogens (tertiary/aromatic N) is 3. The fourth-order valence-electron chi connectivity index (χ4n) is 3.43. The van der Waals surface area contributed by atoms with E-state index in [1.807, 2.05) is 12.1 Å². The van der Waals surface area contributed by atoms with Gasteiger partial charge in [0.15, 0.2) is 0 Å². The zero-order valence-corrected chi connectivity index (χ0v) is 14.8. The van der Waals surface area contributed by atoms with Crippen LogP contribution in [0.3, 0.4) is 0 Å². The number of ether oxygens (including phenoxy) is 1. The minimum Gasteiger partial charge on any atom is -0.481 e. The molecule has 0 aliphatic carbocycles. The Bertz CT molecular complexity index is 990. The van der Waals surface area contributed by atoms with Crippen molar-refractivity contribution in [3.8, 4) is 17.8 Å². The Balaban J connectivity index is 1.83. The molecule has 126 valence electrons. The van der Waals surface area contributed by atoms with E-state index in [0.717, 1.165) is 25.1 Å². The molecule has 1 aliphatic heterocycles. The lowest BCUT2D eigenvalue weighted by Gasteiger charge is -2.23. The molecule has 2 aromatic heterocycles. The van der Waals surface area contributed by atoms with E-state index in [0.29, 0.717) is 5.88 Å². The van der Waals surface area contributed by atoms with Gasteiger partial charge in [-0.3, -0.25) is 4.57 Å². The molecule has 1 aromatic carbocycles. The molecule has 1 aliphatic rings. The second kappa shape index (κ2) is 6.27. The Labute approximate surface area is 148 Å².